The van der Waals surface area contributed by atoms with Crippen LogP contribution in [0.3, 0.4) is 0 Å². The first-order valence-electron chi connectivity index (χ1n) is 4.73. The maximum atomic E-state index is 8.58. The third-order valence-electron chi connectivity index (χ3n) is 2.26. The fraction of sp³-hybridized carbons (Fsp3) is 1.00. The third-order valence-corrected chi connectivity index (χ3v) is 2.26. The molecule has 0 aliphatic carbocycles. The minimum absolute atomic E-state index is 0.305. The van der Waals surface area contributed by atoms with E-state index in [4.69, 9.17) is 10.8 Å². The van der Waals surface area contributed by atoms with Gasteiger partial charge in [-0.05, 0) is 46.3 Å². The SMILES string of the molecule is CC(CCN)N(C)CCCCO. The van der Waals surface area contributed by atoms with Gasteiger partial charge < -0.3 is 15.7 Å². The lowest BCUT2D eigenvalue weighted by atomic mass is 10.2. The molecule has 12 heavy (non-hydrogen) atoms. The lowest BCUT2D eigenvalue weighted by Crippen LogP contribution is -2.31. The molecular weight excluding hydrogens is 152 g/mol. The van der Waals surface area contributed by atoms with E-state index in [1.807, 2.05) is 0 Å². The Bertz CT molecular complexity index is 98.5. The summed E-state index contributed by atoms with van der Waals surface area (Å²) in [7, 11) is 2.11. The van der Waals surface area contributed by atoms with Gasteiger partial charge in [-0.15, -0.1) is 0 Å². The zero-order valence-electron chi connectivity index (χ0n) is 8.29. The number of rotatable bonds is 7. The minimum atomic E-state index is 0.305. The summed E-state index contributed by atoms with van der Waals surface area (Å²) in [6, 6.07) is 0.564. The van der Waals surface area contributed by atoms with Crippen molar-refractivity contribution in [2.45, 2.75) is 32.2 Å². The molecule has 0 fully saturated rings. The second-order valence-corrected chi connectivity index (χ2v) is 3.34. The Kier molecular flexibility index (Phi) is 7.45. The molecule has 0 amide bonds. The van der Waals surface area contributed by atoms with Gasteiger partial charge in [0, 0.05) is 12.6 Å². The van der Waals surface area contributed by atoms with Crippen molar-refractivity contribution in [1.82, 2.24) is 4.90 Å². The topological polar surface area (TPSA) is 49.5 Å². The highest BCUT2D eigenvalue weighted by Crippen LogP contribution is 2.01. The number of aliphatic hydroxyl groups is 1. The summed E-state index contributed by atoms with van der Waals surface area (Å²) in [6.07, 6.45) is 3.03. The second-order valence-electron chi connectivity index (χ2n) is 3.34. The number of aliphatic hydroxyl groups excluding tert-OH is 1. The first-order valence-corrected chi connectivity index (χ1v) is 4.73. The summed E-state index contributed by atoms with van der Waals surface area (Å²) >= 11 is 0. The molecular formula is C9H22N2O. The average molecular weight is 174 g/mol. The molecule has 0 radical (unpaired) electrons. The van der Waals surface area contributed by atoms with Gasteiger partial charge in [-0.25, -0.2) is 0 Å². The van der Waals surface area contributed by atoms with E-state index in [1.54, 1.807) is 0 Å². The highest BCUT2D eigenvalue weighted by atomic mass is 16.2. The van der Waals surface area contributed by atoms with E-state index in [1.165, 1.54) is 0 Å². The van der Waals surface area contributed by atoms with Crippen LogP contribution in [0.4, 0.5) is 0 Å². The monoisotopic (exact) mass is 174 g/mol. The van der Waals surface area contributed by atoms with Gasteiger partial charge in [0.05, 0.1) is 0 Å². The van der Waals surface area contributed by atoms with Crippen LogP contribution in [-0.4, -0.2) is 42.8 Å². The number of nitrogens with zero attached hydrogens (tertiary/aromatic N) is 1. The Morgan fingerprint density at radius 3 is 2.58 bits per heavy atom. The van der Waals surface area contributed by atoms with E-state index >= 15 is 0 Å². The fourth-order valence-corrected chi connectivity index (χ4v) is 1.15. The molecule has 0 aliphatic rings. The van der Waals surface area contributed by atoms with Gasteiger partial charge in [0.2, 0.25) is 0 Å². The minimum Gasteiger partial charge on any atom is -0.396 e. The highest BCUT2D eigenvalue weighted by Gasteiger charge is 2.06. The first kappa shape index (κ1) is 11.9. The van der Waals surface area contributed by atoms with Crippen LogP contribution in [0.2, 0.25) is 0 Å². The third kappa shape index (κ3) is 5.52. The summed E-state index contributed by atoms with van der Waals surface area (Å²) < 4.78 is 0. The summed E-state index contributed by atoms with van der Waals surface area (Å²) in [5.41, 5.74) is 5.46. The summed E-state index contributed by atoms with van der Waals surface area (Å²) in [6.45, 7) is 4.30. The molecule has 3 heteroatoms. The predicted molar refractivity (Wildman–Crippen MR) is 52.1 cm³/mol. The van der Waals surface area contributed by atoms with Gasteiger partial charge in [0.25, 0.3) is 0 Å². The maximum absolute atomic E-state index is 8.58. The molecule has 74 valence electrons. The number of hydrogen-bond donors (Lipinski definition) is 2. The Morgan fingerprint density at radius 1 is 1.42 bits per heavy atom. The molecule has 0 saturated carbocycles. The van der Waals surface area contributed by atoms with Gasteiger partial charge in [-0.2, -0.15) is 0 Å². The quantitative estimate of drug-likeness (QED) is 0.550. The van der Waals surface area contributed by atoms with E-state index in [0.717, 1.165) is 32.4 Å². The van der Waals surface area contributed by atoms with Crippen molar-refractivity contribution < 1.29 is 5.11 Å². The number of nitrogens with two attached hydrogens (primary N) is 1. The largest absolute Gasteiger partial charge is 0.396 e. The van der Waals surface area contributed by atoms with Gasteiger partial charge >= 0.3 is 0 Å². The summed E-state index contributed by atoms with van der Waals surface area (Å²) in [5.74, 6) is 0. The molecule has 0 aliphatic heterocycles. The van der Waals surface area contributed by atoms with Crippen LogP contribution in [0.1, 0.15) is 26.2 Å². The van der Waals surface area contributed by atoms with Crippen LogP contribution in [0.25, 0.3) is 0 Å². The van der Waals surface area contributed by atoms with Crippen molar-refractivity contribution in [2.75, 3.05) is 26.7 Å². The van der Waals surface area contributed by atoms with E-state index < -0.39 is 0 Å². The summed E-state index contributed by atoms with van der Waals surface area (Å²) in [5, 5.41) is 8.58. The van der Waals surface area contributed by atoms with Crippen molar-refractivity contribution in [3.8, 4) is 0 Å². The molecule has 3 N–H and O–H groups in total. The van der Waals surface area contributed by atoms with Crippen LogP contribution < -0.4 is 5.73 Å². The van der Waals surface area contributed by atoms with Crippen molar-refractivity contribution in [2.24, 2.45) is 5.73 Å². The van der Waals surface area contributed by atoms with Crippen molar-refractivity contribution in [3.63, 3.8) is 0 Å². The average Bonchev–Trinajstić information content (AvgIpc) is 2.05. The number of hydrogen-bond acceptors (Lipinski definition) is 3. The van der Waals surface area contributed by atoms with E-state index in [-0.39, 0.29) is 0 Å². The van der Waals surface area contributed by atoms with Crippen molar-refractivity contribution in [1.29, 1.82) is 0 Å². The van der Waals surface area contributed by atoms with E-state index in [0.29, 0.717) is 12.6 Å². The van der Waals surface area contributed by atoms with E-state index in [9.17, 15) is 0 Å². The van der Waals surface area contributed by atoms with Gasteiger partial charge in [0.1, 0.15) is 0 Å². The Labute approximate surface area is 75.6 Å². The normalized spacial score (nSPS) is 13.8. The zero-order chi connectivity index (χ0) is 9.40. The Hall–Kier alpha value is -0.120. The van der Waals surface area contributed by atoms with E-state index in [2.05, 4.69) is 18.9 Å². The van der Waals surface area contributed by atoms with Crippen LogP contribution in [0, 0.1) is 0 Å². The van der Waals surface area contributed by atoms with Crippen molar-refractivity contribution in [3.05, 3.63) is 0 Å². The lowest BCUT2D eigenvalue weighted by molar-refractivity contribution is 0.226. The molecule has 1 unspecified atom stereocenters. The van der Waals surface area contributed by atoms with Gasteiger partial charge in [-0.3, -0.25) is 0 Å². The van der Waals surface area contributed by atoms with Gasteiger partial charge in [-0.1, -0.05) is 0 Å². The molecule has 0 heterocycles. The van der Waals surface area contributed by atoms with Crippen LogP contribution >= 0.6 is 0 Å². The molecule has 0 spiro atoms. The van der Waals surface area contributed by atoms with Crippen LogP contribution in [0.15, 0.2) is 0 Å². The lowest BCUT2D eigenvalue weighted by Gasteiger charge is -2.23. The van der Waals surface area contributed by atoms with Gasteiger partial charge in [0.15, 0.2) is 0 Å². The molecule has 1 atom stereocenters. The van der Waals surface area contributed by atoms with Crippen molar-refractivity contribution >= 4 is 0 Å². The molecule has 0 bridgehead atoms. The summed E-state index contributed by atoms with van der Waals surface area (Å²) in [4.78, 5) is 2.29. The maximum Gasteiger partial charge on any atom is 0.0431 e. The highest BCUT2D eigenvalue weighted by molar-refractivity contribution is 4.63. The number of unbranched alkanes of at least 4 members (excludes halogenated alkanes) is 1. The molecule has 0 saturated heterocycles. The molecule has 0 aromatic heterocycles. The Morgan fingerprint density at radius 2 is 2.08 bits per heavy atom. The molecule has 0 aromatic carbocycles. The Balaban J connectivity index is 3.35. The smallest absolute Gasteiger partial charge is 0.0431 e. The first-order chi connectivity index (χ1) is 5.72. The fourth-order valence-electron chi connectivity index (χ4n) is 1.15. The second kappa shape index (κ2) is 7.53. The van der Waals surface area contributed by atoms with Crippen LogP contribution in [-0.2, 0) is 0 Å². The standard InChI is InChI=1S/C9H22N2O/c1-9(5-6-10)11(2)7-3-4-8-12/h9,12H,3-8,10H2,1-2H3. The molecule has 0 rings (SSSR count). The van der Waals surface area contributed by atoms with Crippen LogP contribution in [0.5, 0.6) is 0 Å². The molecule has 0 aromatic rings. The predicted octanol–water partition coefficient (Wildman–Crippen LogP) is 0.428. The zero-order valence-corrected chi connectivity index (χ0v) is 8.29. The molecule has 3 nitrogen and oxygen atoms in total.